The highest BCUT2D eigenvalue weighted by Gasteiger charge is 2.49. The van der Waals surface area contributed by atoms with Crippen molar-refractivity contribution in [2.45, 2.75) is 32.4 Å². The van der Waals surface area contributed by atoms with Crippen molar-refractivity contribution in [2.24, 2.45) is 0 Å². The maximum atomic E-state index is 11.9. The lowest BCUT2D eigenvalue weighted by Crippen LogP contribution is -2.77. The fourth-order valence-corrected chi connectivity index (χ4v) is 1.95. The quantitative estimate of drug-likeness (QED) is 0.650. The highest BCUT2D eigenvalue weighted by Crippen LogP contribution is 2.31. The lowest BCUT2D eigenvalue weighted by Gasteiger charge is -2.61. The van der Waals surface area contributed by atoms with E-state index >= 15 is 0 Å². The number of nitrogens with zero attached hydrogens (tertiary/aromatic N) is 2. The van der Waals surface area contributed by atoms with Crippen LogP contribution in [0, 0.1) is 0 Å². The monoisotopic (exact) mass is 192 g/mol. The first-order chi connectivity index (χ1) is 6.18. The lowest BCUT2D eigenvalue weighted by molar-refractivity contribution is -0.126. The van der Waals surface area contributed by atoms with Crippen LogP contribution in [0.4, 0.5) is 8.78 Å². The highest BCUT2D eigenvalue weighted by molar-refractivity contribution is 5.07. The van der Waals surface area contributed by atoms with Crippen molar-refractivity contribution in [3.05, 3.63) is 0 Å². The number of hydrogen-bond acceptors (Lipinski definition) is 2. The summed E-state index contributed by atoms with van der Waals surface area (Å²) in [5.41, 5.74) is 0. The minimum absolute atomic E-state index is 0.0327. The molecule has 2 rings (SSSR count). The Kier molecular flexibility index (Phi) is 3.62. The summed E-state index contributed by atoms with van der Waals surface area (Å²) in [6, 6.07) is 1.02. The van der Waals surface area contributed by atoms with Crippen molar-refractivity contribution in [3.8, 4) is 0 Å². The van der Waals surface area contributed by atoms with Crippen molar-refractivity contribution in [1.82, 2.24) is 9.80 Å². The van der Waals surface area contributed by atoms with Crippen molar-refractivity contribution >= 4 is 0 Å². The minimum Gasteiger partial charge on any atom is -0.299 e. The number of rotatable bonds is 2. The zero-order valence-corrected chi connectivity index (χ0v) is 8.50. The molecule has 0 aromatic rings. The van der Waals surface area contributed by atoms with E-state index in [1.807, 2.05) is 25.8 Å². The number of hydrogen-bond donors (Lipinski definition) is 0. The molecule has 2 aliphatic rings. The van der Waals surface area contributed by atoms with Gasteiger partial charge in [-0.15, -0.1) is 0 Å². The van der Waals surface area contributed by atoms with Crippen LogP contribution >= 0.6 is 0 Å². The molecule has 2 saturated heterocycles. The molecular weight excluding hydrogens is 174 g/mol. The van der Waals surface area contributed by atoms with Crippen LogP contribution in [0.1, 0.15) is 13.8 Å². The second kappa shape index (κ2) is 4.33. The second-order valence-electron chi connectivity index (χ2n) is 3.42. The van der Waals surface area contributed by atoms with Gasteiger partial charge in [0.05, 0.1) is 6.54 Å². The first kappa shape index (κ1) is 10.9. The van der Waals surface area contributed by atoms with Gasteiger partial charge in [0.15, 0.2) is 0 Å². The van der Waals surface area contributed by atoms with Crippen LogP contribution in [0.25, 0.3) is 0 Å². The molecule has 2 fully saturated rings. The van der Waals surface area contributed by atoms with Crippen molar-refractivity contribution < 1.29 is 8.78 Å². The third-order valence-corrected chi connectivity index (χ3v) is 2.75. The van der Waals surface area contributed by atoms with Crippen molar-refractivity contribution in [2.75, 3.05) is 26.7 Å². The summed E-state index contributed by atoms with van der Waals surface area (Å²) in [4.78, 5) is 4.09. The van der Waals surface area contributed by atoms with Gasteiger partial charge in [-0.3, -0.25) is 9.80 Å². The van der Waals surface area contributed by atoms with Gasteiger partial charge in [0.2, 0.25) is 0 Å². The Labute approximate surface area is 78.5 Å². The summed E-state index contributed by atoms with van der Waals surface area (Å²) in [5, 5.41) is 0. The zero-order valence-electron chi connectivity index (χ0n) is 8.50. The molecule has 2 unspecified atom stereocenters. The van der Waals surface area contributed by atoms with Gasteiger partial charge < -0.3 is 0 Å². The summed E-state index contributed by atoms with van der Waals surface area (Å²) in [7, 11) is 2.04. The van der Waals surface area contributed by atoms with Crippen LogP contribution in [0.15, 0.2) is 0 Å². The van der Waals surface area contributed by atoms with Gasteiger partial charge in [0.25, 0.3) is 6.43 Å². The lowest BCUT2D eigenvalue weighted by atomic mass is 9.86. The van der Waals surface area contributed by atoms with Gasteiger partial charge >= 0.3 is 0 Å². The van der Waals surface area contributed by atoms with E-state index in [1.165, 1.54) is 0 Å². The highest BCUT2D eigenvalue weighted by atomic mass is 19.3. The normalized spacial score (nSPS) is 32.8. The Balaban J connectivity index is 0.000000396. The van der Waals surface area contributed by atoms with Crippen LogP contribution in [-0.2, 0) is 0 Å². The SMILES string of the molecule is CC.CN1CC2C1CN2CC(F)F. The van der Waals surface area contributed by atoms with Gasteiger partial charge in [-0.1, -0.05) is 13.8 Å². The third-order valence-electron chi connectivity index (χ3n) is 2.75. The Morgan fingerprint density at radius 1 is 1.23 bits per heavy atom. The number of likely N-dealkylation sites (tertiary alicyclic amines) is 2. The predicted octanol–water partition coefficient (Wildman–Crippen LogP) is 1.28. The third kappa shape index (κ3) is 1.99. The standard InChI is InChI=1S/C7H12F2N2.C2H6/c1-10-2-6-5(10)3-11(6)4-7(8)9;1-2/h5-7H,2-4H2,1H3;1-2H3. The largest absolute Gasteiger partial charge is 0.299 e. The molecule has 0 spiro atoms. The summed E-state index contributed by atoms with van der Waals surface area (Å²) < 4.78 is 23.7. The molecule has 0 aromatic heterocycles. The fourth-order valence-electron chi connectivity index (χ4n) is 1.95. The molecule has 0 amide bonds. The summed E-state index contributed by atoms with van der Waals surface area (Å²) in [5.74, 6) is 0. The number of fused-ring (bicyclic) bond motifs is 1. The predicted molar refractivity (Wildman–Crippen MR) is 49.1 cm³/mol. The number of piperazine rings is 1. The minimum atomic E-state index is -2.16. The van der Waals surface area contributed by atoms with E-state index in [2.05, 4.69) is 4.90 Å². The van der Waals surface area contributed by atoms with Crippen molar-refractivity contribution in [3.63, 3.8) is 0 Å². The molecule has 0 saturated carbocycles. The van der Waals surface area contributed by atoms with E-state index < -0.39 is 6.43 Å². The molecule has 78 valence electrons. The van der Waals surface area contributed by atoms with E-state index in [0.717, 1.165) is 13.1 Å². The van der Waals surface area contributed by atoms with Crippen LogP contribution in [0.5, 0.6) is 0 Å². The molecule has 4 heteroatoms. The van der Waals surface area contributed by atoms with Gasteiger partial charge in [-0.25, -0.2) is 8.78 Å². The van der Waals surface area contributed by atoms with Crippen LogP contribution in [0.2, 0.25) is 0 Å². The summed E-state index contributed by atoms with van der Waals surface area (Å²) in [6.07, 6.45) is -2.16. The molecule has 2 atom stereocenters. The topological polar surface area (TPSA) is 6.48 Å². The Morgan fingerprint density at radius 2 is 1.85 bits per heavy atom. The van der Waals surface area contributed by atoms with Gasteiger partial charge in [-0.05, 0) is 7.05 Å². The van der Waals surface area contributed by atoms with E-state index in [9.17, 15) is 8.78 Å². The molecule has 0 radical (unpaired) electrons. The smallest absolute Gasteiger partial charge is 0.251 e. The average molecular weight is 192 g/mol. The Morgan fingerprint density at radius 3 is 2.15 bits per heavy atom. The van der Waals surface area contributed by atoms with E-state index in [4.69, 9.17) is 0 Å². The Bertz CT molecular complexity index is 164. The summed E-state index contributed by atoms with van der Waals surface area (Å²) >= 11 is 0. The number of likely N-dealkylation sites (N-methyl/N-ethyl adjacent to an activating group) is 1. The molecule has 0 bridgehead atoms. The molecule has 2 heterocycles. The van der Waals surface area contributed by atoms with Crippen LogP contribution in [-0.4, -0.2) is 55.0 Å². The van der Waals surface area contributed by atoms with E-state index in [-0.39, 0.29) is 6.54 Å². The maximum absolute atomic E-state index is 11.9. The fraction of sp³-hybridized carbons (Fsp3) is 1.00. The summed E-state index contributed by atoms with van der Waals surface area (Å²) in [6.45, 7) is 5.78. The second-order valence-corrected chi connectivity index (χ2v) is 3.42. The van der Waals surface area contributed by atoms with Crippen LogP contribution < -0.4 is 0 Å². The van der Waals surface area contributed by atoms with Crippen LogP contribution in [0.3, 0.4) is 0 Å². The molecule has 2 aliphatic heterocycles. The van der Waals surface area contributed by atoms with Gasteiger partial charge in [0, 0.05) is 25.2 Å². The van der Waals surface area contributed by atoms with Crippen molar-refractivity contribution in [1.29, 1.82) is 0 Å². The first-order valence-corrected chi connectivity index (χ1v) is 4.91. The Hall–Kier alpha value is -0.220. The van der Waals surface area contributed by atoms with E-state index in [1.54, 1.807) is 0 Å². The zero-order chi connectivity index (χ0) is 10.0. The molecule has 13 heavy (non-hydrogen) atoms. The van der Waals surface area contributed by atoms with Gasteiger partial charge in [0.1, 0.15) is 0 Å². The number of halogens is 2. The number of alkyl halides is 2. The molecule has 2 nitrogen and oxygen atoms in total. The molecule has 0 aromatic carbocycles. The molecular formula is C9H18F2N2. The van der Waals surface area contributed by atoms with Gasteiger partial charge in [-0.2, -0.15) is 0 Å². The maximum Gasteiger partial charge on any atom is 0.251 e. The first-order valence-electron chi connectivity index (χ1n) is 4.91. The van der Waals surface area contributed by atoms with E-state index in [0.29, 0.717) is 12.1 Å². The molecule has 0 aliphatic carbocycles. The average Bonchev–Trinajstić information content (AvgIpc) is 2.10. The molecule has 0 N–H and O–H groups in total.